The Labute approximate surface area is 85.0 Å². The van der Waals surface area contributed by atoms with E-state index in [0.717, 1.165) is 0 Å². The third kappa shape index (κ3) is 4.58. The Morgan fingerprint density at radius 1 is 1.50 bits per heavy atom. The van der Waals surface area contributed by atoms with Gasteiger partial charge in [0.2, 0.25) is 5.91 Å². The number of hydrogen-bond acceptors (Lipinski definition) is 3. The van der Waals surface area contributed by atoms with Gasteiger partial charge in [-0.3, -0.25) is 4.79 Å². The number of rotatable bonds is 4. The third-order valence-corrected chi connectivity index (χ3v) is 2.01. The second kappa shape index (κ2) is 5.98. The molecule has 1 unspecified atom stereocenters. The zero-order chi connectivity index (χ0) is 10.4. The Hall–Kier alpha value is -0.610. The number of carbonyl (C=O) groups excluding carboxylic acids is 1. The highest BCUT2D eigenvalue weighted by molar-refractivity contribution is 5.76. The molecule has 0 saturated carbocycles. The lowest BCUT2D eigenvalue weighted by Crippen LogP contribution is -2.39. The minimum absolute atomic E-state index is 0.0277. The van der Waals surface area contributed by atoms with Gasteiger partial charge in [-0.25, -0.2) is 0 Å². The lowest BCUT2D eigenvalue weighted by molar-refractivity contribution is -0.124. The standard InChI is InChI=1S/C10H19NO3/c1-8(2)5-10(12)11-6-9-7-13-3-4-14-9/h8-9H,3-7H2,1-2H3,(H,11,12). The lowest BCUT2D eigenvalue weighted by Gasteiger charge is -2.23. The number of nitrogens with one attached hydrogen (secondary N) is 1. The Balaban J connectivity index is 2.09. The molecule has 0 radical (unpaired) electrons. The summed E-state index contributed by atoms with van der Waals surface area (Å²) in [5.74, 6) is 0.493. The monoisotopic (exact) mass is 201 g/mol. The molecule has 0 aromatic heterocycles. The molecule has 0 spiro atoms. The highest BCUT2D eigenvalue weighted by Gasteiger charge is 2.15. The Morgan fingerprint density at radius 2 is 2.29 bits per heavy atom. The Morgan fingerprint density at radius 3 is 2.86 bits per heavy atom. The van der Waals surface area contributed by atoms with E-state index in [0.29, 0.717) is 38.7 Å². The molecule has 82 valence electrons. The molecule has 1 saturated heterocycles. The van der Waals surface area contributed by atoms with Crippen molar-refractivity contribution in [2.24, 2.45) is 5.92 Å². The number of carbonyl (C=O) groups is 1. The predicted octanol–water partition coefficient (Wildman–Crippen LogP) is 0.564. The van der Waals surface area contributed by atoms with E-state index in [2.05, 4.69) is 5.32 Å². The van der Waals surface area contributed by atoms with Crippen LogP contribution in [0, 0.1) is 5.92 Å². The van der Waals surface area contributed by atoms with E-state index < -0.39 is 0 Å². The minimum atomic E-state index is 0.0277. The van der Waals surface area contributed by atoms with Crippen LogP contribution in [0.1, 0.15) is 20.3 Å². The van der Waals surface area contributed by atoms with Crippen LogP contribution in [0.3, 0.4) is 0 Å². The Kier molecular flexibility index (Phi) is 4.90. The first-order chi connectivity index (χ1) is 6.68. The molecule has 1 heterocycles. The number of amides is 1. The van der Waals surface area contributed by atoms with Gasteiger partial charge in [-0.2, -0.15) is 0 Å². The number of hydrogen-bond donors (Lipinski definition) is 1. The summed E-state index contributed by atoms with van der Waals surface area (Å²) in [7, 11) is 0. The van der Waals surface area contributed by atoms with Crippen molar-refractivity contribution in [2.45, 2.75) is 26.4 Å². The van der Waals surface area contributed by atoms with Gasteiger partial charge in [-0.1, -0.05) is 13.8 Å². The van der Waals surface area contributed by atoms with Crippen LogP contribution in [0.4, 0.5) is 0 Å². The summed E-state index contributed by atoms with van der Waals surface area (Å²) in [5, 5.41) is 2.84. The van der Waals surface area contributed by atoms with E-state index in [-0.39, 0.29) is 12.0 Å². The summed E-state index contributed by atoms with van der Waals surface area (Å²) in [6.45, 7) is 6.49. The third-order valence-electron chi connectivity index (χ3n) is 2.01. The van der Waals surface area contributed by atoms with Crippen LogP contribution in [0.15, 0.2) is 0 Å². The van der Waals surface area contributed by atoms with Gasteiger partial charge in [0.1, 0.15) is 0 Å². The predicted molar refractivity (Wildman–Crippen MR) is 53.0 cm³/mol. The lowest BCUT2D eigenvalue weighted by atomic mass is 10.1. The molecule has 1 aliphatic heterocycles. The summed E-state index contributed by atoms with van der Waals surface area (Å²) >= 11 is 0. The second-order valence-electron chi connectivity index (χ2n) is 3.97. The largest absolute Gasteiger partial charge is 0.376 e. The smallest absolute Gasteiger partial charge is 0.220 e. The van der Waals surface area contributed by atoms with Crippen LogP contribution in [0.25, 0.3) is 0 Å². The average molecular weight is 201 g/mol. The van der Waals surface area contributed by atoms with Gasteiger partial charge in [-0.15, -0.1) is 0 Å². The Bertz CT molecular complexity index is 176. The topological polar surface area (TPSA) is 47.6 Å². The van der Waals surface area contributed by atoms with Gasteiger partial charge in [-0.05, 0) is 5.92 Å². The van der Waals surface area contributed by atoms with Crippen LogP contribution in [0.5, 0.6) is 0 Å². The summed E-state index contributed by atoms with van der Waals surface area (Å²) in [5.41, 5.74) is 0. The van der Waals surface area contributed by atoms with E-state index in [4.69, 9.17) is 9.47 Å². The first kappa shape index (κ1) is 11.5. The molecular weight excluding hydrogens is 182 g/mol. The SMILES string of the molecule is CC(C)CC(=O)NCC1COCCO1. The molecule has 0 aromatic carbocycles. The van der Waals surface area contributed by atoms with Crippen molar-refractivity contribution in [3.8, 4) is 0 Å². The fraction of sp³-hybridized carbons (Fsp3) is 0.900. The van der Waals surface area contributed by atoms with Gasteiger partial charge in [0, 0.05) is 13.0 Å². The normalized spacial score (nSPS) is 22.4. The molecule has 1 rings (SSSR count). The molecule has 4 heteroatoms. The van der Waals surface area contributed by atoms with Crippen molar-refractivity contribution >= 4 is 5.91 Å². The molecular formula is C10H19NO3. The first-order valence-electron chi connectivity index (χ1n) is 5.14. The fourth-order valence-electron chi connectivity index (χ4n) is 1.33. The zero-order valence-electron chi connectivity index (χ0n) is 8.91. The van der Waals surface area contributed by atoms with Crippen molar-refractivity contribution in [1.29, 1.82) is 0 Å². The van der Waals surface area contributed by atoms with E-state index in [1.54, 1.807) is 0 Å². The van der Waals surface area contributed by atoms with Crippen LogP contribution in [0.2, 0.25) is 0 Å². The maximum absolute atomic E-state index is 11.3. The minimum Gasteiger partial charge on any atom is -0.376 e. The van der Waals surface area contributed by atoms with Gasteiger partial charge in [0.15, 0.2) is 0 Å². The molecule has 0 bridgehead atoms. The van der Waals surface area contributed by atoms with Crippen molar-refractivity contribution in [1.82, 2.24) is 5.32 Å². The maximum Gasteiger partial charge on any atom is 0.220 e. The molecule has 1 amide bonds. The molecule has 1 aliphatic rings. The second-order valence-corrected chi connectivity index (χ2v) is 3.97. The molecule has 0 aromatic rings. The zero-order valence-corrected chi connectivity index (χ0v) is 8.91. The highest BCUT2D eigenvalue weighted by atomic mass is 16.6. The molecule has 1 fully saturated rings. The molecule has 0 aliphatic carbocycles. The molecule has 14 heavy (non-hydrogen) atoms. The van der Waals surface area contributed by atoms with Crippen LogP contribution >= 0.6 is 0 Å². The van der Waals surface area contributed by atoms with E-state index >= 15 is 0 Å². The van der Waals surface area contributed by atoms with E-state index in [9.17, 15) is 4.79 Å². The number of ether oxygens (including phenoxy) is 2. The van der Waals surface area contributed by atoms with Crippen molar-refractivity contribution < 1.29 is 14.3 Å². The summed E-state index contributed by atoms with van der Waals surface area (Å²) < 4.78 is 10.6. The van der Waals surface area contributed by atoms with Crippen molar-refractivity contribution in [2.75, 3.05) is 26.4 Å². The highest BCUT2D eigenvalue weighted by Crippen LogP contribution is 2.01. The van der Waals surface area contributed by atoms with Crippen LogP contribution < -0.4 is 5.32 Å². The van der Waals surface area contributed by atoms with Gasteiger partial charge in [0.05, 0.1) is 25.9 Å². The van der Waals surface area contributed by atoms with Gasteiger partial charge < -0.3 is 14.8 Å². The van der Waals surface area contributed by atoms with E-state index in [1.165, 1.54) is 0 Å². The summed E-state index contributed by atoms with van der Waals surface area (Å²) in [6, 6.07) is 0. The quantitative estimate of drug-likeness (QED) is 0.723. The fourth-order valence-corrected chi connectivity index (χ4v) is 1.33. The average Bonchev–Trinajstić information content (AvgIpc) is 2.15. The van der Waals surface area contributed by atoms with Gasteiger partial charge >= 0.3 is 0 Å². The van der Waals surface area contributed by atoms with Gasteiger partial charge in [0.25, 0.3) is 0 Å². The van der Waals surface area contributed by atoms with Crippen LogP contribution in [-0.4, -0.2) is 38.4 Å². The summed E-state index contributed by atoms with van der Waals surface area (Å²) in [6.07, 6.45) is 0.605. The van der Waals surface area contributed by atoms with Crippen LogP contribution in [-0.2, 0) is 14.3 Å². The maximum atomic E-state index is 11.3. The van der Waals surface area contributed by atoms with E-state index in [1.807, 2.05) is 13.8 Å². The summed E-state index contributed by atoms with van der Waals surface area (Å²) in [4.78, 5) is 11.3. The molecule has 1 atom stereocenters. The van der Waals surface area contributed by atoms with Crippen molar-refractivity contribution in [3.05, 3.63) is 0 Å². The first-order valence-corrected chi connectivity index (χ1v) is 5.14. The molecule has 1 N–H and O–H groups in total. The van der Waals surface area contributed by atoms with Crippen molar-refractivity contribution in [3.63, 3.8) is 0 Å². The molecule has 4 nitrogen and oxygen atoms in total.